The Morgan fingerprint density at radius 3 is 2.29 bits per heavy atom. The number of ether oxygens (including phenoxy) is 1. The summed E-state index contributed by atoms with van der Waals surface area (Å²) in [6, 6.07) is 6.91. The Morgan fingerprint density at radius 1 is 1.17 bits per heavy atom. The first-order valence-corrected chi connectivity index (χ1v) is 8.06. The minimum absolute atomic E-state index is 0.164. The van der Waals surface area contributed by atoms with Crippen molar-refractivity contribution in [3.8, 4) is 0 Å². The highest BCUT2D eigenvalue weighted by Crippen LogP contribution is 2.25. The SMILES string of the molecule is CCOC(=O)C(C)c1ccc(NC(=O)c2c(Cl)cncc2Cl)cc1. The maximum atomic E-state index is 12.3. The lowest BCUT2D eigenvalue weighted by Gasteiger charge is -2.12. The molecule has 0 bridgehead atoms. The number of carbonyl (C=O) groups excluding carboxylic acids is 2. The highest BCUT2D eigenvalue weighted by Gasteiger charge is 2.17. The number of hydrogen-bond donors (Lipinski definition) is 1. The molecule has 1 N–H and O–H groups in total. The van der Waals surface area contributed by atoms with Crippen molar-refractivity contribution in [2.75, 3.05) is 11.9 Å². The van der Waals surface area contributed by atoms with Crippen LogP contribution < -0.4 is 5.32 Å². The Kier molecular flexibility index (Phi) is 6.17. The zero-order valence-corrected chi connectivity index (χ0v) is 14.7. The van der Waals surface area contributed by atoms with Crippen LogP contribution in [0.25, 0.3) is 0 Å². The van der Waals surface area contributed by atoms with Gasteiger partial charge in [0.2, 0.25) is 0 Å². The normalized spacial score (nSPS) is 11.7. The van der Waals surface area contributed by atoms with E-state index in [1.165, 1.54) is 12.4 Å². The van der Waals surface area contributed by atoms with Gasteiger partial charge in [0.25, 0.3) is 5.91 Å². The molecule has 0 aliphatic carbocycles. The molecule has 1 heterocycles. The Hall–Kier alpha value is -2.11. The Balaban J connectivity index is 2.12. The number of nitrogens with one attached hydrogen (secondary N) is 1. The van der Waals surface area contributed by atoms with Crippen LogP contribution in [-0.4, -0.2) is 23.5 Å². The third kappa shape index (κ3) is 4.24. The number of aromatic nitrogens is 1. The fraction of sp³-hybridized carbons (Fsp3) is 0.235. The van der Waals surface area contributed by atoms with E-state index in [4.69, 9.17) is 27.9 Å². The third-order valence-electron chi connectivity index (χ3n) is 3.39. The van der Waals surface area contributed by atoms with Crippen LogP contribution in [0.3, 0.4) is 0 Å². The molecule has 7 heteroatoms. The molecule has 0 spiro atoms. The van der Waals surface area contributed by atoms with Crippen molar-refractivity contribution < 1.29 is 14.3 Å². The molecule has 1 unspecified atom stereocenters. The number of anilines is 1. The lowest BCUT2D eigenvalue weighted by atomic mass is 10.0. The number of pyridine rings is 1. The van der Waals surface area contributed by atoms with Gasteiger partial charge in [-0.1, -0.05) is 35.3 Å². The van der Waals surface area contributed by atoms with Gasteiger partial charge in [-0.25, -0.2) is 0 Å². The molecule has 24 heavy (non-hydrogen) atoms. The molecule has 2 aromatic rings. The third-order valence-corrected chi connectivity index (χ3v) is 3.96. The molecular weight excluding hydrogens is 351 g/mol. The smallest absolute Gasteiger partial charge is 0.313 e. The first kappa shape index (κ1) is 18.2. The van der Waals surface area contributed by atoms with E-state index in [1.807, 2.05) is 0 Å². The zero-order chi connectivity index (χ0) is 17.7. The summed E-state index contributed by atoms with van der Waals surface area (Å²) in [6.07, 6.45) is 2.71. The van der Waals surface area contributed by atoms with Crippen molar-refractivity contribution in [3.05, 3.63) is 57.8 Å². The van der Waals surface area contributed by atoms with Gasteiger partial charge in [0.15, 0.2) is 0 Å². The summed E-state index contributed by atoms with van der Waals surface area (Å²) in [6.45, 7) is 3.87. The topological polar surface area (TPSA) is 68.3 Å². The number of carbonyl (C=O) groups is 2. The highest BCUT2D eigenvalue weighted by atomic mass is 35.5. The molecule has 0 aliphatic heterocycles. The standard InChI is InChI=1S/C17H16Cl2N2O3/c1-3-24-17(23)10(2)11-4-6-12(7-5-11)21-16(22)15-13(18)8-20-9-14(15)19/h4-10H,3H2,1-2H3,(H,21,22). The van der Waals surface area contributed by atoms with Gasteiger partial charge >= 0.3 is 5.97 Å². The fourth-order valence-electron chi connectivity index (χ4n) is 2.08. The van der Waals surface area contributed by atoms with E-state index >= 15 is 0 Å². The minimum Gasteiger partial charge on any atom is -0.466 e. The molecule has 0 radical (unpaired) electrons. The van der Waals surface area contributed by atoms with Crippen LogP contribution in [0.1, 0.15) is 35.7 Å². The molecule has 2 rings (SSSR count). The average Bonchev–Trinajstić information content (AvgIpc) is 2.55. The van der Waals surface area contributed by atoms with Crippen LogP contribution in [0.15, 0.2) is 36.7 Å². The van der Waals surface area contributed by atoms with E-state index in [0.29, 0.717) is 12.3 Å². The maximum absolute atomic E-state index is 12.3. The number of benzene rings is 1. The molecule has 1 aromatic carbocycles. The predicted molar refractivity (Wildman–Crippen MR) is 93.7 cm³/mol. The van der Waals surface area contributed by atoms with Crippen LogP contribution >= 0.6 is 23.2 Å². The number of halogens is 2. The van der Waals surface area contributed by atoms with Crippen molar-refractivity contribution >= 4 is 40.8 Å². The number of nitrogens with zero attached hydrogens (tertiary/aromatic N) is 1. The average molecular weight is 367 g/mol. The summed E-state index contributed by atoms with van der Waals surface area (Å²) in [5.41, 5.74) is 1.52. The minimum atomic E-state index is -0.432. The Labute approximate surface area is 149 Å². The van der Waals surface area contributed by atoms with Gasteiger partial charge < -0.3 is 10.1 Å². The van der Waals surface area contributed by atoms with Crippen LogP contribution in [-0.2, 0) is 9.53 Å². The first-order valence-electron chi connectivity index (χ1n) is 7.31. The summed E-state index contributed by atoms with van der Waals surface area (Å²) < 4.78 is 4.99. The molecule has 1 amide bonds. The number of esters is 1. The van der Waals surface area contributed by atoms with E-state index in [0.717, 1.165) is 5.56 Å². The molecular formula is C17H16Cl2N2O3. The Morgan fingerprint density at radius 2 is 1.75 bits per heavy atom. The maximum Gasteiger partial charge on any atom is 0.313 e. The van der Waals surface area contributed by atoms with Crippen LogP contribution in [0, 0.1) is 0 Å². The van der Waals surface area contributed by atoms with Crippen molar-refractivity contribution in [1.29, 1.82) is 0 Å². The lowest BCUT2D eigenvalue weighted by molar-refractivity contribution is -0.144. The zero-order valence-electron chi connectivity index (χ0n) is 13.2. The summed E-state index contributed by atoms with van der Waals surface area (Å²) in [5.74, 6) is -1.10. The quantitative estimate of drug-likeness (QED) is 0.800. The van der Waals surface area contributed by atoms with Crippen LogP contribution in [0.2, 0.25) is 10.0 Å². The second-order valence-corrected chi connectivity index (χ2v) is 5.84. The van der Waals surface area contributed by atoms with Crippen molar-refractivity contribution in [3.63, 3.8) is 0 Å². The van der Waals surface area contributed by atoms with Crippen LogP contribution in [0.4, 0.5) is 5.69 Å². The monoisotopic (exact) mass is 366 g/mol. The summed E-state index contributed by atoms with van der Waals surface area (Å²) in [4.78, 5) is 27.8. The molecule has 126 valence electrons. The largest absolute Gasteiger partial charge is 0.466 e. The van der Waals surface area contributed by atoms with Gasteiger partial charge in [-0.05, 0) is 31.5 Å². The lowest BCUT2D eigenvalue weighted by Crippen LogP contribution is -2.14. The predicted octanol–water partition coefficient (Wildman–Crippen LogP) is 4.31. The number of amides is 1. The van der Waals surface area contributed by atoms with E-state index in [1.54, 1.807) is 38.1 Å². The van der Waals surface area contributed by atoms with Gasteiger partial charge in [0, 0.05) is 18.1 Å². The second-order valence-electron chi connectivity index (χ2n) is 5.03. The van der Waals surface area contributed by atoms with Crippen molar-refractivity contribution in [2.24, 2.45) is 0 Å². The van der Waals surface area contributed by atoms with E-state index in [9.17, 15) is 9.59 Å². The molecule has 1 atom stereocenters. The molecule has 0 aliphatic rings. The van der Waals surface area contributed by atoms with Gasteiger partial charge in [-0.3, -0.25) is 14.6 Å². The van der Waals surface area contributed by atoms with Crippen molar-refractivity contribution in [2.45, 2.75) is 19.8 Å². The van der Waals surface area contributed by atoms with Crippen LogP contribution in [0.5, 0.6) is 0 Å². The summed E-state index contributed by atoms with van der Waals surface area (Å²) in [5, 5.41) is 3.06. The second kappa shape index (κ2) is 8.13. The molecule has 5 nitrogen and oxygen atoms in total. The van der Waals surface area contributed by atoms with E-state index in [2.05, 4.69) is 10.3 Å². The van der Waals surface area contributed by atoms with Gasteiger partial charge in [-0.2, -0.15) is 0 Å². The van der Waals surface area contributed by atoms with Gasteiger partial charge in [-0.15, -0.1) is 0 Å². The number of hydrogen-bond acceptors (Lipinski definition) is 4. The molecule has 0 saturated heterocycles. The van der Waals surface area contributed by atoms with Gasteiger partial charge in [0.05, 0.1) is 28.1 Å². The Bertz CT molecular complexity index is 728. The van der Waals surface area contributed by atoms with Gasteiger partial charge in [0.1, 0.15) is 0 Å². The highest BCUT2D eigenvalue weighted by molar-refractivity contribution is 6.40. The summed E-state index contributed by atoms with van der Waals surface area (Å²) in [7, 11) is 0. The summed E-state index contributed by atoms with van der Waals surface area (Å²) >= 11 is 11.9. The first-order chi connectivity index (χ1) is 11.4. The molecule has 0 fully saturated rings. The van der Waals surface area contributed by atoms with E-state index < -0.39 is 5.91 Å². The number of rotatable bonds is 5. The molecule has 0 saturated carbocycles. The molecule has 1 aromatic heterocycles. The van der Waals surface area contributed by atoms with Crippen molar-refractivity contribution in [1.82, 2.24) is 4.98 Å². The fourth-order valence-corrected chi connectivity index (χ4v) is 2.62. The van der Waals surface area contributed by atoms with E-state index in [-0.39, 0.29) is 27.5 Å².